The Morgan fingerprint density at radius 1 is 1.50 bits per heavy atom. The van der Waals surface area contributed by atoms with Crippen LogP contribution in [0.2, 0.25) is 0 Å². The van der Waals surface area contributed by atoms with Crippen LogP contribution in [0, 0.1) is 5.92 Å². The van der Waals surface area contributed by atoms with Crippen LogP contribution in [0.1, 0.15) is 26.7 Å². The van der Waals surface area contributed by atoms with E-state index in [1.807, 2.05) is 0 Å². The zero-order valence-corrected chi connectivity index (χ0v) is 6.50. The molecule has 0 bridgehead atoms. The number of halogens is 1. The van der Waals surface area contributed by atoms with Crippen molar-refractivity contribution in [3.05, 3.63) is 0 Å². The third-order valence-corrected chi connectivity index (χ3v) is 1.18. The average Bonchev–Trinajstić information content (AvgIpc) is 1.68. The fraction of sp³-hybridized carbons (Fsp3) is 1.00. The van der Waals surface area contributed by atoms with Crippen LogP contribution >= 0.6 is 12.4 Å². The van der Waals surface area contributed by atoms with E-state index in [-0.39, 0.29) is 12.4 Å². The van der Waals surface area contributed by atoms with E-state index in [4.69, 9.17) is 5.73 Å². The van der Waals surface area contributed by atoms with Crippen molar-refractivity contribution < 1.29 is 0 Å². The Bertz CT molecular complexity index is 39.5. The van der Waals surface area contributed by atoms with Gasteiger partial charge in [0, 0.05) is 0 Å². The fourth-order valence-corrected chi connectivity index (χ4v) is 0.611. The van der Waals surface area contributed by atoms with Crippen LogP contribution in [0.25, 0.3) is 0 Å². The van der Waals surface area contributed by atoms with Crippen LogP contribution in [-0.4, -0.2) is 6.54 Å². The summed E-state index contributed by atoms with van der Waals surface area (Å²) in [6.45, 7) is 5.21. The molecule has 2 N–H and O–H groups in total. The van der Waals surface area contributed by atoms with E-state index in [1.165, 1.54) is 12.8 Å². The summed E-state index contributed by atoms with van der Waals surface area (Å²) >= 11 is 0. The van der Waals surface area contributed by atoms with Gasteiger partial charge >= 0.3 is 0 Å². The Morgan fingerprint density at radius 2 is 2.00 bits per heavy atom. The van der Waals surface area contributed by atoms with Gasteiger partial charge in [-0.1, -0.05) is 20.3 Å². The highest BCUT2D eigenvalue weighted by Gasteiger charge is 1.92. The lowest BCUT2D eigenvalue weighted by molar-refractivity contribution is 0.536. The maximum atomic E-state index is 5.36. The molecule has 0 amide bonds. The van der Waals surface area contributed by atoms with Crippen LogP contribution in [-0.2, 0) is 0 Å². The topological polar surface area (TPSA) is 26.0 Å². The molecular weight excluding hydrogens is 122 g/mol. The average molecular weight is 138 g/mol. The van der Waals surface area contributed by atoms with Crippen LogP contribution < -0.4 is 5.73 Å². The van der Waals surface area contributed by atoms with Gasteiger partial charge in [0.25, 0.3) is 0 Å². The quantitative estimate of drug-likeness (QED) is 0.631. The Balaban J connectivity index is 0. The minimum absolute atomic E-state index is 0. The Hall–Kier alpha value is 0.250. The molecule has 0 heterocycles. The molecule has 8 heavy (non-hydrogen) atoms. The lowest BCUT2D eigenvalue weighted by Gasteiger charge is -2.02. The third-order valence-electron chi connectivity index (χ3n) is 1.18. The highest BCUT2D eigenvalue weighted by molar-refractivity contribution is 5.85. The Morgan fingerprint density at radius 3 is 2.12 bits per heavy atom. The fourth-order valence-electron chi connectivity index (χ4n) is 0.611. The van der Waals surface area contributed by atoms with E-state index in [0.717, 1.165) is 12.5 Å². The van der Waals surface area contributed by atoms with Gasteiger partial charge in [0.15, 0.2) is 0 Å². The van der Waals surface area contributed by atoms with Crippen molar-refractivity contribution in [3.8, 4) is 0 Å². The van der Waals surface area contributed by atoms with Crippen LogP contribution in [0.5, 0.6) is 0 Å². The number of rotatable bonds is 3. The minimum atomic E-state index is 0. The van der Waals surface area contributed by atoms with Crippen molar-refractivity contribution in [2.24, 2.45) is 11.7 Å². The molecule has 52 valence electrons. The number of nitrogens with two attached hydrogens (primary N) is 1. The molecule has 0 fully saturated rings. The summed E-state index contributed by atoms with van der Waals surface area (Å²) < 4.78 is 0. The summed E-state index contributed by atoms with van der Waals surface area (Å²) in [4.78, 5) is 0. The second kappa shape index (κ2) is 7.25. The smallest absolute Gasteiger partial charge is 0.00515 e. The lowest BCUT2D eigenvalue weighted by atomic mass is 10.1. The standard InChI is InChI=1S/C6H15N.ClH/c1-3-4-6(2)5-7;/h6H,3-5,7H2,1-2H3;1H/t6-;/m1./s1. The Labute approximate surface area is 58.1 Å². The van der Waals surface area contributed by atoms with E-state index in [2.05, 4.69) is 13.8 Å². The van der Waals surface area contributed by atoms with Gasteiger partial charge in [-0.2, -0.15) is 0 Å². The van der Waals surface area contributed by atoms with Crippen molar-refractivity contribution in [2.45, 2.75) is 26.7 Å². The molecule has 0 radical (unpaired) electrons. The predicted octanol–water partition coefficient (Wildman–Crippen LogP) is 1.80. The molecule has 1 nitrogen and oxygen atoms in total. The second-order valence-corrected chi connectivity index (χ2v) is 2.13. The molecule has 0 saturated carbocycles. The summed E-state index contributed by atoms with van der Waals surface area (Å²) in [7, 11) is 0. The molecule has 0 aliphatic rings. The molecule has 0 rings (SSSR count). The van der Waals surface area contributed by atoms with Gasteiger partial charge in [-0.25, -0.2) is 0 Å². The van der Waals surface area contributed by atoms with E-state index in [9.17, 15) is 0 Å². The van der Waals surface area contributed by atoms with Gasteiger partial charge in [0.2, 0.25) is 0 Å². The highest BCUT2D eigenvalue weighted by Crippen LogP contribution is 2.00. The first-order chi connectivity index (χ1) is 3.31. The first-order valence-electron chi connectivity index (χ1n) is 3.01. The highest BCUT2D eigenvalue weighted by atomic mass is 35.5. The van der Waals surface area contributed by atoms with Crippen molar-refractivity contribution in [1.82, 2.24) is 0 Å². The normalized spacial score (nSPS) is 12.4. The van der Waals surface area contributed by atoms with Gasteiger partial charge in [-0.05, 0) is 18.9 Å². The van der Waals surface area contributed by atoms with Gasteiger partial charge < -0.3 is 5.73 Å². The molecule has 0 aromatic heterocycles. The summed E-state index contributed by atoms with van der Waals surface area (Å²) in [5.74, 6) is 0.727. The number of hydrogen-bond acceptors (Lipinski definition) is 1. The molecular formula is C6H16ClN. The summed E-state index contributed by atoms with van der Waals surface area (Å²) in [5, 5.41) is 0. The summed E-state index contributed by atoms with van der Waals surface area (Å²) in [5.41, 5.74) is 5.36. The molecule has 0 aliphatic carbocycles. The van der Waals surface area contributed by atoms with Gasteiger partial charge in [-0.15, -0.1) is 12.4 Å². The van der Waals surface area contributed by atoms with Crippen LogP contribution in [0.3, 0.4) is 0 Å². The van der Waals surface area contributed by atoms with Gasteiger partial charge in [-0.3, -0.25) is 0 Å². The first-order valence-corrected chi connectivity index (χ1v) is 3.01. The molecule has 0 saturated heterocycles. The van der Waals surface area contributed by atoms with Crippen LogP contribution in [0.15, 0.2) is 0 Å². The summed E-state index contributed by atoms with van der Waals surface area (Å²) in [6, 6.07) is 0. The zero-order chi connectivity index (χ0) is 5.70. The van der Waals surface area contributed by atoms with E-state index >= 15 is 0 Å². The first kappa shape index (κ1) is 11.1. The molecule has 0 spiro atoms. The molecule has 0 aromatic rings. The van der Waals surface area contributed by atoms with Crippen molar-refractivity contribution in [2.75, 3.05) is 6.54 Å². The van der Waals surface area contributed by atoms with Crippen molar-refractivity contribution >= 4 is 12.4 Å². The monoisotopic (exact) mass is 137 g/mol. The lowest BCUT2D eigenvalue weighted by Crippen LogP contribution is -2.09. The predicted molar refractivity (Wildman–Crippen MR) is 40.4 cm³/mol. The van der Waals surface area contributed by atoms with Gasteiger partial charge in [0.1, 0.15) is 0 Å². The third kappa shape index (κ3) is 6.25. The van der Waals surface area contributed by atoms with Crippen molar-refractivity contribution in [1.29, 1.82) is 0 Å². The van der Waals surface area contributed by atoms with Crippen LogP contribution in [0.4, 0.5) is 0 Å². The molecule has 0 aliphatic heterocycles. The Kier molecular flexibility index (Phi) is 10.1. The van der Waals surface area contributed by atoms with E-state index < -0.39 is 0 Å². The van der Waals surface area contributed by atoms with Gasteiger partial charge in [0.05, 0.1) is 0 Å². The molecule has 0 unspecified atom stereocenters. The minimum Gasteiger partial charge on any atom is -0.330 e. The second-order valence-electron chi connectivity index (χ2n) is 2.13. The largest absolute Gasteiger partial charge is 0.330 e. The number of hydrogen-bond donors (Lipinski definition) is 1. The molecule has 0 aromatic carbocycles. The van der Waals surface area contributed by atoms with Crippen molar-refractivity contribution in [3.63, 3.8) is 0 Å². The maximum Gasteiger partial charge on any atom is -0.00515 e. The molecule has 1 atom stereocenters. The maximum absolute atomic E-state index is 5.36. The molecule has 2 heteroatoms. The van der Waals surface area contributed by atoms with E-state index in [1.54, 1.807) is 0 Å². The zero-order valence-electron chi connectivity index (χ0n) is 5.68. The van der Waals surface area contributed by atoms with E-state index in [0.29, 0.717) is 0 Å². The summed E-state index contributed by atoms with van der Waals surface area (Å²) in [6.07, 6.45) is 2.54. The SMILES string of the molecule is CCC[C@@H](C)CN.Cl.